The Hall–Kier alpha value is -1.96. The van der Waals surface area contributed by atoms with Crippen LogP contribution in [0.25, 0.3) is 0 Å². The first kappa shape index (κ1) is 11.5. The molecule has 1 aromatic heterocycles. The van der Waals surface area contributed by atoms with Gasteiger partial charge in [-0.1, -0.05) is 5.16 Å². The number of hydrogen-bond donors (Lipinski definition) is 2. The average molecular weight is 254 g/mol. The standard InChI is InChI=1S/C9H10N4O3S/c10-8(15)7(13-16-5-1-2-5)6-3-17-9(12-6)11-4-14/h3-5H,1-2H2,(H2,10,15)(H,11,12,14). The van der Waals surface area contributed by atoms with E-state index in [1.54, 1.807) is 5.38 Å². The van der Waals surface area contributed by atoms with Gasteiger partial charge in [0.15, 0.2) is 10.8 Å². The van der Waals surface area contributed by atoms with Crippen molar-refractivity contribution < 1.29 is 14.4 Å². The number of thiazole rings is 1. The molecule has 7 nitrogen and oxygen atoms in total. The van der Waals surface area contributed by atoms with Crippen LogP contribution in [-0.4, -0.2) is 29.1 Å². The zero-order valence-corrected chi connectivity index (χ0v) is 9.57. The molecule has 1 aliphatic carbocycles. The Morgan fingerprint density at radius 2 is 2.47 bits per heavy atom. The summed E-state index contributed by atoms with van der Waals surface area (Å²) in [4.78, 5) is 30.5. The van der Waals surface area contributed by atoms with Crippen LogP contribution in [0.15, 0.2) is 10.5 Å². The Morgan fingerprint density at radius 3 is 3.06 bits per heavy atom. The predicted octanol–water partition coefficient (Wildman–Crippen LogP) is 0.0798. The number of oxime groups is 1. The zero-order valence-electron chi connectivity index (χ0n) is 8.75. The van der Waals surface area contributed by atoms with E-state index >= 15 is 0 Å². The van der Waals surface area contributed by atoms with Crippen LogP contribution in [-0.2, 0) is 14.4 Å². The molecule has 90 valence electrons. The summed E-state index contributed by atoms with van der Waals surface area (Å²) in [6.07, 6.45) is 2.45. The Kier molecular flexibility index (Phi) is 3.33. The van der Waals surface area contributed by atoms with Crippen molar-refractivity contribution >= 4 is 34.5 Å². The molecular formula is C9H10N4O3S. The highest BCUT2D eigenvalue weighted by Gasteiger charge is 2.25. The smallest absolute Gasteiger partial charge is 0.273 e. The molecule has 0 aliphatic heterocycles. The number of anilines is 1. The van der Waals surface area contributed by atoms with Gasteiger partial charge in [0.2, 0.25) is 6.41 Å². The van der Waals surface area contributed by atoms with Crippen molar-refractivity contribution in [1.29, 1.82) is 0 Å². The molecule has 17 heavy (non-hydrogen) atoms. The highest BCUT2D eigenvalue weighted by Crippen LogP contribution is 2.24. The monoisotopic (exact) mass is 254 g/mol. The molecule has 0 unspecified atom stereocenters. The molecule has 0 saturated heterocycles. The number of rotatable bonds is 6. The third-order valence-electron chi connectivity index (χ3n) is 1.98. The van der Waals surface area contributed by atoms with Crippen LogP contribution in [0.3, 0.4) is 0 Å². The summed E-state index contributed by atoms with van der Waals surface area (Å²) in [7, 11) is 0. The van der Waals surface area contributed by atoms with E-state index in [1.165, 1.54) is 11.3 Å². The van der Waals surface area contributed by atoms with Gasteiger partial charge in [-0.05, 0) is 12.8 Å². The van der Waals surface area contributed by atoms with Crippen molar-refractivity contribution in [3.63, 3.8) is 0 Å². The van der Waals surface area contributed by atoms with Crippen molar-refractivity contribution in [3.05, 3.63) is 11.1 Å². The molecule has 1 aliphatic rings. The molecule has 0 radical (unpaired) electrons. The van der Waals surface area contributed by atoms with E-state index in [4.69, 9.17) is 10.6 Å². The summed E-state index contributed by atoms with van der Waals surface area (Å²) >= 11 is 1.17. The van der Waals surface area contributed by atoms with Gasteiger partial charge in [0.05, 0.1) is 0 Å². The Balaban J connectivity index is 2.15. The molecule has 1 aromatic rings. The number of nitrogens with zero attached hydrogens (tertiary/aromatic N) is 2. The molecule has 1 saturated carbocycles. The van der Waals surface area contributed by atoms with E-state index in [1.807, 2.05) is 0 Å². The van der Waals surface area contributed by atoms with Gasteiger partial charge < -0.3 is 15.9 Å². The van der Waals surface area contributed by atoms with Crippen molar-refractivity contribution in [2.75, 3.05) is 5.32 Å². The number of carbonyl (C=O) groups excluding carboxylic acids is 2. The van der Waals surface area contributed by atoms with Crippen LogP contribution in [0, 0.1) is 0 Å². The first-order valence-electron chi connectivity index (χ1n) is 4.90. The summed E-state index contributed by atoms with van der Waals surface area (Å²) in [5.41, 5.74) is 5.45. The summed E-state index contributed by atoms with van der Waals surface area (Å²) in [6, 6.07) is 0. The molecule has 0 atom stereocenters. The normalized spacial score (nSPS) is 15.4. The molecule has 0 bridgehead atoms. The number of carbonyl (C=O) groups is 2. The van der Waals surface area contributed by atoms with Gasteiger partial charge in [-0.3, -0.25) is 9.59 Å². The van der Waals surface area contributed by atoms with Gasteiger partial charge in [0.1, 0.15) is 11.8 Å². The Bertz CT molecular complexity index is 467. The van der Waals surface area contributed by atoms with Crippen LogP contribution in [0.4, 0.5) is 5.13 Å². The molecule has 2 rings (SSSR count). The maximum atomic E-state index is 11.2. The lowest BCUT2D eigenvalue weighted by atomic mass is 10.3. The topological polar surface area (TPSA) is 107 Å². The lowest BCUT2D eigenvalue weighted by Crippen LogP contribution is -2.25. The van der Waals surface area contributed by atoms with E-state index in [9.17, 15) is 9.59 Å². The highest BCUT2D eigenvalue weighted by molar-refractivity contribution is 7.14. The largest absolute Gasteiger partial charge is 0.392 e. The van der Waals surface area contributed by atoms with Gasteiger partial charge in [0.25, 0.3) is 5.91 Å². The maximum Gasteiger partial charge on any atom is 0.273 e. The number of hydrogen-bond acceptors (Lipinski definition) is 6. The highest BCUT2D eigenvalue weighted by atomic mass is 32.1. The number of nitrogens with one attached hydrogen (secondary N) is 1. The van der Waals surface area contributed by atoms with Crippen LogP contribution in [0.5, 0.6) is 0 Å². The first-order valence-corrected chi connectivity index (χ1v) is 5.78. The number of nitrogens with two attached hydrogens (primary N) is 1. The minimum atomic E-state index is -0.714. The van der Waals surface area contributed by atoms with Crippen LogP contribution in [0.2, 0.25) is 0 Å². The van der Waals surface area contributed by atoms with Crippen molar-refractivity contribution in [2.45, 2.75) is 18.9 Å². The van der Waals surface area contributed by atoms with Gasteiger partial charge in [0, 0.05) is 5.38 Å². The van der Waals surface area contributed by atoms with Crippen LogP contribution >= 0.6 is 11.3 Å². The minimum absolute atomic E-state index is 0.0351. The zero-order chi connectivity index (χ0) is 12.3. The summed E-state index contributed by atoms with van der Waals surface area (Å²) in [5.74, 6) is -0.714. The van der Waals surface area contributed by atoms with Gasteiger partial charge >= 0.3 is 0 Å². The van der Waals surface area contributed by atoms with Gasteiger partial charge in [-0.2, -0.15) is 0 Å². The number of aromatic nitrogens is 1. The minimum Gasteiger partial charge on any atom is -0.392 e. The Morgan fingerprint density at radius 1 is 1.71 bits per heavy atom. The fraction of sp³-hybridized carbons (Fsp3) is 0.333. The summed E-state index contributed by atoms with van der Waals surface area (Å²) in [5, 5.41) is 8.02. The maximum absolute atomic E-state index is 11.2. The molecule has 2 amide bonds. The third-order valence-corrected chi connectivity index (χ3v) is 2.75. The van der Waals surface area contributed by atoms with E-state index in [0.717, 1.165) is 12.8 Å². The van der Waals surface area contributed by atoms with Gasteiger partial charge in [-0.15, -0.1) is 11.3 Å². The first-order chi connectivity index (χ1) is 8.20. The molecule has 0 spiro atoms. The van der Waals surface area contributed by atoms with E-state index < -0.39 is 5.91 Å². The fourth-order valence-corrected chi connectivity index (χ4v) is 1.67. The predicted molar refractivity (Wildman–Crippen MR) is 61.6 cm³/mol. The van der Waals surface area contributed by atoms with E-state index in [2.05, 4.69) is 15.5 Å². The summed E-state index contributed by atoms with van der Waals surface area (Å²) < 4.78 is 0. The number of amides is 2. The quantitative estimate of drug-likeness (QED) is 0.426. The van der Waals surface area contributed by atoms with Crippen LogP contribution in [0.1, 0.15) is 18.5 Å². The third kappa shape index (κ3) is 3.00. The molecular weight excluding hydrogens is 244 g/mol. The second-order valence-corrected chi connectivity index (χ2v) is 4.27. The Labute approximate surface area is 101 Å². The lowest BCUT2D eigenvalue weighted by Gasteiger charge is -1.98. The molecule has 3 N–H and O–H groups in total. The second kappa shape index (κ2) is 4.91. The molecule has 0 aromatic carbocycles. The van der Waals surface area contributed by atoms with Gasteiger partial charge in [-0.25, -0.2) is 4.98 Å². The molecule has 1 fully saturated rings. The molecule has 8 heteroatoms. The van der Waals surface area contributed by atoms with Crippen molar-refractivity contribution in [3.8, 4) is 0 Å². The van der Waals surface area contributed by atoms with Crippen molar-refractivity contribution in [2.24, 2.45) is 10.9 Å². The average Bonchev–Trinajstić information content (AvgIpc) is 2.99. The SMILES string of the molecule is NC(=O)C(=NOC1CC1)c1csc(NC=O)n1. The van der Waals surface area contributed by atoms with Crippen LogP contribution < -0.4 is 11.1 Å². The summed E-state index contributed by atoms with van der Waals surface area (Å²) in [6.45, 7) is 0. The van der Waals surface area contributed by atoms with E-state index in [0.29, 0.717) is 17.2 Å². The lowest BCUT2D eigenvalue weighted by molar-refractivity contribution is -0.112. The fourth-order valence-electron chi connectivity index (χ4n) is 1.02. The number of primary amides is 1. The second-order valence-electron chi connectivity index (χ2n) is 3.41. The molecule has 1 heterocycles. The van der Waals surface area contributed by atoms with Crippen molar-refractivity contribution in [1.82, 2.24) is 4.98 Å². The van der Waals surface area contributed by atoms with E-state index in [-0.39, 0.29) is 11.8 Å².